The maximum absolute atomic E-state index is 13.9. The third-order valence-corrected chi connectivity index (χ3v) is 8.51. The summed E-state index contributed by atoms with van der Waals surface area (Å²) in [7, 11) is -7.47. The van der Waals surface area contributed by atoms with Crippen molar-refractivity contribution >= 4 is 46.0 Å². The first-order valence-corrected chi connectivity index (χ1v) is 15.3. The summed E-state index contributed by atoms with van der Waals surface area (Å²) < 4.78 is 49.5. The van der Waals surface area contributed by atoms with E-state index in [-0.39, 0.29) is 40.2 Å². The second-order valence-corrected chi connectivity index (χ2v) is 15.2. The SMILES string of the molecule is CCO[P@@]1(=O)N=C(C2=C(O)[C@H](C(C)(C)C)N(CCC(C)(C)C)C2=O)Nc2ccc(NS(C)(=O)=O)cc21. The van der Waals surface area contributed by atoms with Gasteiger partial charge in [-0.1, -0.05) is 41.5 Å². The number of sulfonamides is 1. The average molecular weight is 541 g/mol. The fourth-order valence-electron chi connectivity index (χ4n) is 4.31. The zero-order chi connectivity index (χ0) is 27.3. The molecular weight excluding hydrogens is 503 g/mol. The summed E-state index contributed by atoms with van der Waals surface area (Å²) in [6, 6.07) is 3.86. The molecule has 12 heteroatoms. The maximum atomic E-state index is 13.9. The quantitative estimate of drug-likeness (QED) is 0.440. The highest BCUT2D eigenvalue weighted by molar-refractivity contribution is 7.92. The van der Waals surface area contributed by atoms with Crippen molar-refractivity contribution in [1.82, 2.24) is 4.90 Å². The van der Waals surface area contributed by atoms with E-state index in [9.17, 15) is 22.9 Å². The van der Waals surface area contributed by atoms with Crippen LogP contribution < -0.4 is 15.3 Å². The summed E-state index contributed by atoms with van der Waals surface area (Å²) in [5.41, 5.74) is 0.0275. The van der Waals surface area contributed by atoms with Crippen LogP contribution in [0.1, 0.15) is 54.9 Å². The molecule has 3 rings (SSSR count). The van der Waals surface area contributed by atoms with Gasteiger partial charge in [0.05, 0.1) is 29.9 Å². The lowest BCUT2D eigenvalue weighted by atomic mass is 9.84. The molecule has 2 aliphatic heterocycles. The van der Waals surface area contributed by atoms with E-state index in [1.807, 2.05) is 20.8 Å². The minimum absolute atomic E-state index is 0.0248. The summed E-state index contributed by atoms with van der Waals surface area (Å²) in [5, 5.41) is 14.5. The van der Waals surface area contributed by atoms with Gasteiger partial charge in [-0.05, 0) is 42.4 Å². The second kappa shape index (κ2) is 9.50. The highest BCUT2D eigenvalue weighted by Gasteiger charge is 2.48. The lowest BCUT2D eigenvalue weighted by molar-refractivity contribution is -0.128. The average Bonchev–Trinajstić information content (AvgIpc) is 2.95. The number of anilines is 2. The zero-order valence-electron chi connectivity index (χ0n) is 22.2. The van der Waals surface area contributed by atoms with Crippen molar-refractivity contribution in [2.24, 2.45) is 15.6 Å². The van der Waals surface area contributed by atoms with E-state index < -0.39 is 34.9 Å². The number of rotatable bonds is 7. The molecule has 2 atom stereocenters. The summed E-state index contributed by atoms with van der Waals surface area (Å²) in [4.78, 5) is 15.3. The molecule has 2 heterocycles. The summed E-state index contributed by atoms with van der Waals surface area (Å²) in [6.07, 6.45) is 1.74. The lowest BCUT2D eigenvalue weighted by Crippen LogP contribution is -2.45. The predicted molar refractivity (Wildman–Crippen MR) is 144 cm³/mol. The van der Waals surface area contributed by atoms with Gasteiger partial charge in [-0.15, -0.1) is 0 Å². The minimum atomic E-state index is -3.90. The maximum Gasteiger partial charge on any atom is 0.348 e. The third kappa shape index (κ3) is 5.95. The first kappa shape index (κ1) is 28.2. The van der Waals surface area contributed by atoms with Gasteiger partial charge < -0.3 is 19.8 Å². The Labute approximate surface area is 213 Å². The summed E-state index contributed by atoms with van der Waals surface area (Å²) in [6.45, 7) is 14.3. The Kier molecular flexibility index (Phi) is 7.45. The monoisotopic (exact) mass is 540 g/mol. The summed E-state index contributed by atoms with van der Waals surface area (Å²) in [5.74, 6) is -0.558. The third-order valence-electron chi connectivity index (χ3n) is 5.86. The zero-order valence-corrected chi connectivity index (χ0v) is 23.9. The molecule has 1 amide bonds. The number of hydrogen-bond acceptors (Lipinski definition) is 7. The number of amides is 1. The normalized spacial score (nSPS) is 22.9. The Morgan fingerprint density at radius 1 is 1.22 bits per heavy atom. The molecule has 200 valence electrons. The summed E-state index contributed by atoms with van der Waals surface area (Å²) >= 11 is 0. The van der Waals surface area contributed by atoms with Crippen molar-refractivity contribution in [2.45, 2.75) is 60.9 Å². The molecule has 10 nitrogen and oxygen atoms in total. The van der Waals surface area contributed by atoms with Crippen LogP contribution in [0.25, 0.3) is 0 Å². The molecular formula is C24H37N4O6PS. The van der Waals surface area contributed by atoms with Crippen molar-refractivity contribution < 1.29 is 27.4 Å². The highest BCUT2D eigenvalue weighted by atomic mass is 32.2. The van der Waals surface area contributed by atoms with E-state index >= 15 is 0 Å². The second-order valence-electron chi connectivity index (χ2n) is 11.5. The number of aliphatic hydroxyl groups excluding tert-OH is 1. The molecule has 0 unspecified atom stereocenters. The van der Waals surface area contributed by atoms with E-state index in [0.717, 1.165) is 12.7 Å². The van der Waals surface area contributed by atoms with Gasteiger partial charge in [0.15, 0.2) is 5.84 Å². The van der Waals surface area contributed by atoms with Crippen molar-refractivity contribution in [3.63, 3.8) is 0 Å². The first-order valence-electron chi connectivity index (χ1n) is 11.8. The van der Waals surface area contributed by atoms with Crippen molar-refractivity contribution in [3.8, 4) is 0 Å². The molecule has 3 N–H and O–H groups in total. The van der Waals surface area contributed by atoms with Gasteiger partial charge in [0.2, 0.25) is 10.0 Å². The Bertz CT molecular complexity index is 1270. The molecule has 0 aliphatic carbocycles. The number of benzene rings is 1. The number of nitrogens with zero attached hydrogens (tertiary/aromatic N) is 2. The van der Waals surface area contributed by atoms with E-state index in [2.05, 4.69) is 35.6 Å². The number of aliphatic hydroxyl groups is 1. The molecule has 2 aliphatic rings. The highest BCUT2D eigenvalue weighted by Crippen LogP contribution is 2.53. The van der Waals surface area contributed by atoms with Crippen LogP contribution in [0.3, 0.4) is 0 Å². The Hall–Kier alpha value is -2.36. The van der Waals surface area contributed by atoms with Crippen LogP contribution in [0.5, 0.6) is 0 Å². The molecule has 0 saturated carbocycles. The van der Waals surface area contributed by atoms with Gasteiger partial charge in [-0.3, -0.25) is 14.1 Å². The van der Waals surface area contributed by atoms with Crippen LogP contribution in [-0.2, 0) is 23.9 Å². The smallest absolute Gasteiger partial charge is 0.348 e. The van der Waals surface area contributed by atoms with Crippen LogP contribution in [-0.4, -0.2) is 55.6 Å². The van der Waals surface area contributed by atoms with Gasteiger partial charge in [0, 0.05) is 12.2 Å². The minimum Gasteiger partial charge on any atom is -0.509 e. The van der Waals surface area contributed by atoms with Crippen LogP contribution in [0.2, 0.25) is 0 Å². The fourth-order valence-corrected chi connectivity index (χ4v) is 6.67. The van der Waals surface area contributed by atoms with Crippen molar-refractivity contribution in [1.29, 1.82) is 0 Å². The van der Waals surface area contributed by atoms with Gasteiger partial charge in [-0.2, -0.15) is 4.76 Å². The molecule has 0 aromatic heterocycles. The van der Waals surface area contributed by atoms with Crippen LogP contribution in [0, 0.1) is 10.8 Å². The van der Waals surface area contributed by atoms with Crippen molar-refractivity contribution in [3.05, 3.63) is 29.5 Å². The number of carbonyl (C=O) groups excluding carboxylic acids is 1. The van der Waals surface area contributed by atoms with Crippen LogP contribution in [0.15, 0.2) is 34.3 Å². The van der Waals surface area contributed by atoms with E-state index in [0.29, 0.717) is 12.2 Å². The van der Waals surface area contributed by atoms with E-state index in [1.54, 1.807) is 17.9 Å². The standard InChI is InChI=1S/C24H37N4O6PS/c1-9-34-35(31)17-14-15(27-36(8,32)33)10-11-16(17)25-21(26-35)18-19(29)20(24(5,6)7)28(22(18)30)13-12-23(2,3)4/h10-11,14,20,27,29H,9,12-13H2,1-8H3,(H,25,26,31)/t20-,35-/m1/s1. The van der Waals surface area contributed by atoms with Crippen LogP contribution in [0.4, 0.5) is 11.4 Å². The molecule has 36 heavy (non-hydrogen) atoms. The Morgan fingerprint density at radius 2 is 1.86 bits per heavy atom. The molecule has 0 spiro atoms. The van der Waals surface area contributed by atoms with Crippen LogP contribution >= 0.6 is 7.52 Å². The number of hydrogen-bond donors (Lipinski definition) is 3. The van der Waals surface area contributed by atoms with Gasteiger partial charge in [0.25, 0.3) is 5.91 Å². The predicted octanol–water partition coefficient (Wildman–Crippen LogP) is 4.24. The molecule has 0 radical (unpaired) electrons. The van der Waals surface area contributed by atoms with Crippen molar-refractivity contribution in [2.75, 3.05) is 29.4 Å². The Morgan fingerprint density at radius 3 is 2.39 bits per heavy atom. The molecule has 0 bridgehead atoms. The van der Waals surface area contributed by atoms with E-state index in [4.69, 9.17) is 4.52 Å². The fraction of sp³-hybridized carbons (Fsp3) is 0.583. The number of amidine groups is 1. The molecule has 1 aromatic rings. The number of carbonyl (C=O) groups is 1. The van der Waals surface area contributed by atoms with Gasteiger partial charge in [-0.25, -0.2) is 8.42 Å². The molecule has 0 fully saturated rings. The van der Waals surface area contributed by atoms with Gasteiger partial charge in [0.1, 0.15) is 11.3 Å². The number of nitrogens with one attached hydrogen (secondary N) is 2. The number of fused-ring (bicyclic) bond motifs is 1. The van der Waals surface area contributed by atoms with E-state index in [1.165, 1.54) is 12.1 Å². The Balaban J connectivity index is 2.10. The first-order chi connectivity index (χ1) is 16.4. The molecule has 0 saturated heterocycles. The molecule has 1 aromatic carbocycles. The topological polar surface area (TPSA) is 137 Å². The van der Waals surface area contributed by atoms with Gasteiger partial charge >= 0.3 is 7.52 Å². The largest absolute Gasteiger partial charge is 0.509 e. The lowest BCUT2D eigenvalue weighted by Gasteiger charge is -2.36.